The van der Waals surface area contributed by atoms with Crippen molar-refractivity contribution in [1.82, 2.24) is 14.8 Å². The van der Waals surface area contributed by atoms with Crippen molar-refractivity contribution < 1.29 is 33.0 Å². The van der Waals surface area contributed by atoms with Gasteiger partial charge in [0, 0.05) is 56.5 Å². The van der Waals surface area contributed by atoms with E-state index in [1.807, 2.05) is 77.1 Å². The molecule has 2 aliphatic heterocycles. The van der Waals surface area contributed by atoms with Crippen molar-refractivity contribution in [2.75, 3.05) is 39.8 Å². The van der Waals surface area contributed by atoms with E-state index in [1.165, 1.54) is 0 Å². The average Bonchev–Trinajstić information content (AvgIpc) is 3.07. The number of allylic oxidation sites excluding steroid dienone is 3. The highest BCUT2D eigenvalue weighted by Crippen LogP contribution is 2.39. The van der Waals surface area contributed by atoms with E-state index in [2.05, 4.69) is 63.8 Å². The molecular formula is C41H67N3O7Si. The molecule has 0 saturated carbocycles. The number of hydrogen-bond acceptors (Lipinski definition) is 9. The summed E-state index contributed by atoms with van der Waals surface area (Å²) in [6.45, 7) is 26.0. The molecule has 2 aliphatic rings. The summed E-state index contributed by atoms with van der Waals surface area (Å²) in [4.78, 5) is 36.0. The van der Waals surface area contributed by atoms with Crippen molar-refractivity contribution in [3.8, 4) is 0 Å². The minimum absolute atomic E-state index is 0.0672. The Balaban J connectivity index is 2.05. The number of carbonyl (C=O) groups excluding carboxylic acids is 2. The molecule has 1 aromatic rings. The second-order valence-electron chi connectivity index (χ2n) is 16.3. The number of ether oxygens (including phenoxy) is 4. The first-order chi connectivity index (χ1) is 24.3. The van der Waals surface area contributed by atoms with Crippen molar-refractivity contribution in [3.05, 3.63) is 66.0 Å². The maximum Gasteiger partial charge on any atom is 0.410 e. The molecule has 0 bridgehead atoms. The summed E-state index contributed by atoms with van der Waals surface area (Å²) in [5.41, 5.74) is 0.881. The van der Waals surface area contributed by atoms with Crippen LogP contribution in [0.3, 0.4) is 0 Å². The summed E-state index contributed by atoms with van der Waals surface area (Å²) >= 11 is 0. The molecule has 7 atom stereocenters. The SMILES string of the molecule is CCOC(C)OC1(C)CCC(O[Si](C)(C)C(C)(C)C)CC(=O)OC(C(C)=CC=CC(C)c2ccccn2)C(C)C=CC1OC(=O)N1CCN(C)CC1. The molecule has 1 aromatic heterocycles. The molecule has 7 unspecified atom stereocenters. The van der Waals surface area contributed by atoms with Gasteiger partial charge in [-0.3, -0.25) is 9.78 Å². The Hall–Kier alpha value is -2.83. The van der Waals surface area contributed by atoms with Crippen LogP contribution in [0.1, 0.15) is 93.2 Å². The van der Waals surface area contributed by atoms with Crippen molar-refractivity contribution in [1.29, 1.82) is 0 Å². The van der Waals surface area contributed by atoms with E-state index in [-0.39, 0.29) is 35.4 Å². The molecule has 3 rings (SSSR count). The van der Waals surface area contributed by atoms with Crippen LogP contribution in [0.2, 0.25) is 18.1 Å². The van der Waals surface area contributed by atoms with Gasteiger partial charge in [-0.25, -0.2) is 4.79 Å². The minimum atomic E-state index is -2.29. The van der Waals surface area contributed by atoms with Crippen molar-refractivity contribution in [2.45, 2.75) is 136 Å². The molecule has 0 spiro atoms. The van der Waals surface area contributed by atoms with Gasteiger partial charge in [0.1, 0.15) is 11.7 Å². The lowest BCUT2D eigenvalue weighted by Gasteiger charge is -2.42. The maximum absolute atomic E-state index is 13.8. The monoisotopic (exact) mass is 741 g/mol. The summed E-state index contributed by atoms with van der Waals surface area (Å²) in [6.07, 6.45) is 10.2. The van der Waals surface area contributed by atoms with Crippen molar-refractivity contribution >= 4 is 20.4 Å². The lowest BCUT2D eigenvalue weighted by molar-refractivity contribution is -0.222. The number of rotatable bonds is 11. The summed E-state index contributed by atoms with van der Waals surface area (Å²) in [5.74, 6) is -0.446. The first-order valence-corrected chi connectivity index (χ1v) is 22.0. The van der Waals surface area contributed by atoms with E-state index in [0.717, 1.165) is 24.4 Å². The van der Waals surface area contributed by atoms with E-state index in [0.29, 0.717) is 32.5 Å². The number of cyclic esters (lactones) is 1. The normalized spacial score (nSPS) is 27.4. The molecule has 1 fully saturated rings. The number of carbonyl (C=O) groups is 2. The Morgan fingerprint density at radius 2 is 1.85 bits per heavy atom. The van der Waals surface area contributed by atoms with Crippen LogP contribution in [-0.2, 0) is 28.2 Å². The third-order valence-corrected chi connectivity index (χ3v) is 15.3. The molecule has 0 aliphatic carbocycles. The topological polar surface area (TPSA) is 99.7 Å². The lowest BCUT2D eigenvalue weighted by atomic mass is 9.88. The van der Waals surface area contributed by atoms with E-state index >= 15 is 0 Å². The zero-order valence-corrected chi connectivity index (χ0v) is 35.0. The third kappa shape index (κ3) is 12.9. The number of likely N-dealkylation sites (N-methyl/N-ethyl adjacent to an activating group) is 1. The van der Waals surface area contributed by atoms with Gasteiger partial charge in [-0.2, -0.15) is 0 Å². The Morgan fingerprint density at radius 1 is 1.15 bits per heavy atom. The molecule has 1 amide bonds. The molecule has 52 heavy (non-hydrogen) atoms. The zero-order valence-electron chi connectivity index (χ0n) is 34.0. The molecule has 0 radical (unpaired) electrons. The molecule has 1 saturated heterocycles. The van der Waals surface area contributed by atoms with E-state index in [1.54, 1.807) is 11.1 Å². The fourth-order valence-electron chi connectivity index (χ4n) is 6.28. The van der Waals surface area contributed by atoms with Crippen molar-refractivity contribution in [2.24, 2.45) is 5.92 Å². The molecule has 0 N–H and O–H groups in total. The maximum atomic E-state index is 13.8. The average molecular weight is 742 g/mol. The van der Waals surface area contributed by atoms with E-state index < -0.39 is 38.5 Å². The molecule has 0 aromatic carbocycles. The highest BCUT2D eigenvalue weighted by molar-refractivity contribution is 6.74. The quantitative estimate of drug-likeness (QED) is 0.0730. The van der Waals surface area contributed by atoms with Gasteiger partial charge in [-0.15, -0.1) is 0 Å². The first-order valence-electron chi connectivity index (χ1n) is 19.1. The zero-order chi connectivity index (χ0) is 38.7. The summed E-state index contributed by atoms with van der Waals surface area (Å²) in [7, 11) is -0.238. The Labute approximate surface area is 315 Å². The van der Waals surface area contributed by atoms with Gasteiger partial charge in [-0.05, 0) is 89.5 Å². The molecule has 3 heterocycles. The second kappa shape index (κ2) is 19.5. The second-order valence-corrected chi connectivity index (χ2v) is 21.0. The Kier molecular flexibility index (Phi) is 16.3. The van der Waals surface area contributed by atoms with Gasteiger partial charge in [0.2, 0.25) is 0 Å². The van der Waals surface area contributed by atoms with Crippen LogP contribution < -0.4 is 0 Å². The number of hydrogen-bond donors (Lipinski definition) is 0. The number of piperazine rings is 1. The van der Waals surface area contributed by atoms with Gasteiger partial charge in [0.25, 0.3) is 0 Å². The molecule has 292 valence electrons. The predicted octanol–water partition coefficient (Wildman–Crippen LogP) is 8.28. The number of pyridine rings is 1. The van der Waals surface area contributed by atoms with Gasteiger partial charge >= 0.3 is 12.1 Å². The summed E-state index contributed by atoms with van der Waals surface area (Å²) < 4.78 is 32.1. The van der Waals surface area contributed by atoms with Gasteiger partial charge in [-0.1, -0.05) is 65.0 Å². The Bertz CT molecular complexity index is 1370. The summed E-state index contributed by atoms with van der Waals surface area (Å²) in [6, 6.07) is 5.90. The highest BCUT2D eigenvalue weighted by atomic mass is 28.4. The highest BCUT2D eigenvalue weighted by Gasteiger charge is 2.44. The van der Waals surface area contributed by atoms with Crippen LogP contribution in [0.25, 0.3) is 0 Å². The summed E-state index contributed by atoms with van der Waals surface area (Å²) in [5, 5.41) is -0.0672. The third-order valence-electron chi connectivity index (χ3n) is 10.7. The largest absolute Gasteiger partial charge is 0.457 e. The van der Waals surface area contributed by atoms with E-state index in [9.17, 15) is 9.59 Å². The van der Waals surface area contributed by atoms with Gasteiger partial charge in [0.15, 0.2) is 20.7 Å². The number of amides is 1. The van der Waals surface area contributed by atoms with Crippen LogP contribution in [0.4, 0.5) is 4.79 Å². The van der Waals surface area contributed by atoms with Crippen molar-refractivity contribution in [3.63, 3.8) is 0 Å². The fourth-order valence-corrected chi connectivity index (χ4v) is 7.67. The van der Waals surface area contributed by atoms with Crippen LogP contribution in [-0.4, -0.2) is 105 Å². The first kappa shape index (κ1) is 43.6. The van der Waals surface area contributed by atoms with Gasteiger partial charge < -0.3 is 33.2 Å². The molecule has 11 heteroatoms. The fraction of sp³-hybridized carbons (Fsp3) is 0.683. The standard InChI is InChI=1S/C41H67N3O7Si/c1-13-47-33(5)50-41(9)23-22-34(51-52(11,12)40(6,7)8)29-37(45)49-38(31(3)18-16-17-30(2)35-19-14-15-24-42-35)32(4)20-21-36(41)48-39(46)44-27-25-43(10)26-28-44/h14-21,24,30,32-34,36,38H,13,22-23,25-29H2,1-12H3. The Morgan fingerprint density at radius 3 is 2.46 bits per heavy atom. The minimum Gasteiger partial charge on any atom is -0.457 e. The molecule has 10 nitrogen and oxygen atoms in total. The number of aromatic nitrogens is 1. The number of nitrogens with zero attached hydrogens (tertiary/aromatic N) is 3. The van der Waals surface area contributed by atoms with Crippen LogP contribution in [0.15, 0.2) is 60.3 Å². The van der Waals surface area contributed by atoms with Crippen LogP contribution in [0.5, 0.6) is 0 Å². The molecular weight excluding hydrogens is 675 g/mol. The smallest absolute Gasteiger partial charge is 0.410 e. The predicted molar refractivity (Wildman–Crippen MR) is 210 cm³/mol. The number of esters is 1. The van der Waals surface area contributed by atoms with E-state index in [4.69, 9.17) is 23.4 Å². The van der Waals surface area contributed by atoms with Gasteiger partial charge in [0.05, 0.1) is 12.5 Å². The lowest BCUT2D eigenvalue weighted by Crippen LogP contribution is -2.52. The van der Waals surface area contributed by atoms with Crippen LogP contribution >= 0.6 is 0 Å². The van der Waals surface area contributed by atoms with Crippen LogP contribution in [0, 0.1) is 5.92 Å².